The zero-order valence-electron chi connectivity index (χ0n) is 8.16. The van der Waals surface area contributed by atoms with Crippen molar-refractivity contribution in [2.24, 2.45) is 5.16 Å². The molecule has 2 nitrogen and oxygen atoms in total. The summed E-state index contributed by atoms with van der Waals surface area (Å²) in [7, 11) is 0. The molecule has 0 unspecified atom stereocenters. The summed E-state index contributed by atoms with van der Waals surface area (Å²) >= 11 is 5.75. The van der Waals surface area contributed by atoms with Crippen LogP contribution in [0.1, 0.15) is 19.4 Å². The Bertz CT molecular complexity index is 365. The average Bonchev–Trinajstić information content (AvgIpc) is 2.20. The highest BCUT2D eigenvalue weighted by Gasteiger charge is 1.95. The van der Waals surface area contributed by atoms with Crippen LogP contribution < -0.4 is 0 Å². The fourth-order valence-electron chi connectivity index (χ4n) is 0.992. The van der Waals surface area contributed by atoms with E-state index in [1.54, 1.807) is 6.92 Å². The van der Waals surface area contributed by atoms with E-state index in [0.717, 1.165) is 11.1 Å². The van der Waals surface area contributed by atoms with E-state index in [2.05, 4.69) is 5.16 Å². The van der Waals surface area contributed by atoms with Crippen LogP contribution in [-0.2, 0) is 0 Å². The van der Waals surface area contributed by atoms with Gasteiger partial charge in [-0.25, -0.2) is 0 Å². The maximum absolute atomic E-state index is 8.55. The Labute approximate surface area is 88.5 Å². The summed E-state index contributed by atoms with van der Waals surface area (Å²) in [5.41, 5.74) is 2.57. The van der Waals surface area contributed by atoms with Crippen LogP contribution in [0, 0.1) is 0 Å². The number of benzene rings is 1. The Morgan fingerprint density at radius 2 is 1.86 bits per heavy atom. The van der Waals surface area contributed by atoms with Crippen LogP contribution in [0.2, 0.25) is 5.02 Å². The summed E-state index contributed by atoms with van der Waals surface area (Å²) in [6, 6.07) is 7.48. The van der Waals surface area contributed by atoms with Crippen molar-refractivity contribution in [2.45, 2.75) is 13.8 Å². The van der Waals surface area contributed by atoms with Crippen molar-refractivity contribution < 1.29 is 5.21 Å². The number of rotatable bonds is 2. The molecule has 0 amide bonds. The van der Waals surface area contributed by atoms with Crippen molar-refractivity contribution in [3.8, 4) is 0 Å². The molecule has 0 saturated heterocycles. The number of nitrogens with zero attached hydrogens (tertiary/aromatic N) is 1. The number of allylic oxidation sites excluding steroid dienone is 1. The third-order valence-electron chi connectivity index (χ3n) is 1.97. The smallest absolute Gasteiger partial charge is 0.0794 e. The van der Waals surface area contributed by atoms with Crippen molar-refractivity contribution >= 4 is 23.4 Å². The second kappa shape index (κ2) is 4.82. The molecule has 1 aromatic carbocycles. The molecule has 0 heterocycles. The predicted octanol–water partition coefficient (Wildman–Crippen LogP) is 3.59. The molecule has 0 atom stereocenters. The van der Waals surface area contributed by atoms with Gasteiger partial charge in [-0.2, -0.15) is 0 Å². The van der Waals surface area contributed by atoms with Crippen LogP contribution >= 0.6 is 11.6 Å². The van der Waals surface area contributed by atoms with Gasteiger partial charge in [-0.1, -0.05) is 35.0 Å². The van der Waals surface area contributed by atoms with Crippen molar-refractivity contribution in [1.29, 1.82) is 0 Å². The molecule has 0 aliphatic carbocycles. The normalized spacial score (nSPS) is 13.1. The van der Waals surface area contributed by atoms with Gasteiger partial charge in [0.15, 0.2) is 0 Å². The number of oxime groups is 1. The maximum atomic E-state index is 8.55. The van der Waals surface area contributed by atoms with Gasteiger partial charge < -0.3 is 5.21 Å². The second-order valence-electron chi connectivity index (χ2n) is 3.06. The lowest BCUT2D eigenvalue weighted by Crippen LogP contribution is -1.92. The summed E-state index contributed by atoms with van der Waals surface area (Å²) < 4.78 is 0. The molecular formula is C11H12ClNO. The van der Waals surface area contributed by atoms with Crippen LogP contribution in [0.3, 0.4) is 0 Å². The third kappa shape index (κ3) is 2.89. The van der Waals surface area contributed by atoms with E-state index in [4.69, 9.17) is 16.8 Å². The van der Waals surface area contributed by atoms with Crippen molar-refractivity contribution in [3.05, 3.63) is 40.4 Å². The van der Waals surface area contributed by atoms with Crippen LogP contribution in [0.4, 0.5) is 0 Å². The van der Waals surface area contributed by atoms with Gasteiger partial charge in [0.25, 0.3) is 0 Å². The standard InChI is InChI=1S/C11H12ClNO/c1-8(9(2)13-14)7-10-3-5-11(12)6-4-10/h3-7,14H,1-2H3/b8-7?,13-9-. The minimum Gasteiger partial charge on any atom is -0.411 e. The highest BCUT2D eigenvalue weighted by molar-refractivity contribution is 6.30. The lowest BCUT2D eigenvalue weighted by Gasteiger charge is -1.98. The highest BCUT2D eigenvalue weighted by atomic mass is 35.5. The lowest BCUT2D eigenvalue weighted by molar-refractivity contribution is 0.319. The van der Waals surface area contributed by atoms with Crippen LogP contribution in [0.15, 0.2) is 35.0 Å². The number of hydrogen-bond acceptors (Lipinski definition) is 2. The molecule has 0 aromatic heterocycles. The summed E-state index contributed by atoms with van der Waals surface area (Å²) in [5.74, 6) is 0. The van der Waals surface area contributed by atoms with Gasteiger partial charge in [0, 0.05) is 5.02 Å². The first-order chi connectivity index (χ1) is 6.63. The van der Waals surface area contributed by atoms with Gasteiger partial charge in [0.05, 0.1) is 5.71 Å². The van der Waals surface area contributed by atoms with Crippen LogP contribution in [0.25, 0.3) is 6.08 Å². The molecule has 0 saturated carbocycles. The largest absolute Gasteiger partial charge is 0.411 e. The van der Waals surface area contributed by atoms with Gasteiger partial charge in [0.2, 0.25) is 0 Å². The fourth-order valence-corrected chi connectivity index (χ4v) is 1.12. The van der Waals surface area contributed by atoms with E-state index in [1.165, 1.54) is 0 Å². The first kappa shape index (κ1) is 10.8. The molecule has 0 aliphatic rings. The van der Waals surface area contributed by atoms with Crippen molar-refractivity contribution in [2.75, 3.05) is 0 Å². The fraction of sp³-hybridized carbons (Fsp3) is 0.182. The molecule has 74 valence electrons. The molecule has 1 rings (SSSR count). The van der Waals surface area contributed by atoms with Crippen LogP contribution in [0.5, 0.6) is 0 Å². The number of hydrogen-bond donors (Lipinski definition) is 1. The van der Waals surface area contributed by atoms with E-state index in [9.17, 15) is 0 Å². The Morgan fingerprint density at radius 1 is 1.29 bits per heavy atom. The van der Waals surface area contributed by atoms with E-state index in [-0.39, 0.29) is 0 Å². The molecule has 1 N–H and O–H groups in total. The Balaban J connectivity index is 2.92. The van der Waals surface area contributed by atoms with Gasteiger partial charge in [-0.15, -0.1) is 0 Å². The number of halogens is 1. The van der Waals surface area contributed by atoms with E-state index in [1.807, 2.05) is 37.3 Å². The maximum Gasteiger partial charge on any atom is 0.0794 e. The summed E-state index contributed by atoms with van der Waals surface area (Å²) in [5, 5.41) is 12.4. The SMILES string of the molecule is CC(=Cc1ccc(Cl)cc1)/C(C)=N\O. The van der Waals surface area contributed by atoms with Gasteiger partial charge in [-0.3, -0.25) is 0 Å². The molecule has 14 heavy (non-hydrogen) atoms. The minimum absolute atomic E-state index is 0.611. The average molecular weight is 210 g/mol. The highest BCUT2D eigenvalue weighted by Crippen LogP contribution is 2.12. The van der Waals surface area contributed by atoms with E-state index in [0.29, 0.717) is 10.7 Å². The molecule has 1 aromatic rings. The molecule has 0 bridgehead atoms. The molecular weight excluding hydrogens is 198 g/mol. The summed E-state index contributed by atoms with van der Waals surface area (Å²) in [4.78, 5) is 0. The Hall–Kier alpha value is -1.28. The quantitative estimate of drug-likeness (QED) is 0.451. The first-order valence-corrected chi connectivity index (χ1v) is 4.64. The molecule has 0 aliphatic heterocycles. The zero-order valence-corrected chi connectivity index (χ0v) is 8.92. The Kier molecular flexibility index (Phi) is 3.72. The summed E-state index contributed by atoms with van der Waals surface area (Å²) in [6.45, 7) is 3.64. The third-order valence-corrected chi connectivity index (χ3v) is 2.23. The molecule has 0 radical (unpaired) electrons. The Morgan fingerprint density at radius 3 is 2.36 bits per heavy atom. The van der Waals surface area contributed by atoms with Crippen molar-refractivity contribution in [3.63, 3.8) is 0 Å². The predicted molar refractivity (Wildman–Crippen MR) is 60.0 cm³/mol. The van der Waals surface area contributed by atoms with Crippen molar-refractivity contribution in [1.82, 2.24) is 0 Å². The summed E-state index contributed by atoms with van der Waals surface area (Å²) in [6.07, 6.45) is 1.94. The molecule has 0 fully saturated rings. The lowest BCUT2D eigenvalue weighted by atomic mass is 10.1. The van der Waals surface area contributed by atoms with Gasteiger partial charge in [-0.05, 0) is 37.1 Å². The van der Waals surface area contributed by atoms with Crippen LogP contribution in [-0.4, -0.2) is 10.9 Å². The van der Waals surface area contributed by atoms with E-state index < -0.39 is 0 Å². The molecule has 0 spiro atoms. The van der Waals surface area contributed by atoms with Gasteiger partial charge in [0.1, 0.15) is 0 Å². The van der Waals surface area contributed by atoms with E-state index >= 15 is 0 Å². The monoisotopic (exact) mass is 209 g/mol. The zero-order chi connectivity index (χ0) is 10.6. The topological polar surface area (TPSA) is 32.6 Å². The van der Waals surface area contributed by atoms with Gasteiger partial charge >= 0.3 is 0 Å². The molecule has 3 heteroatoms. The first-order valence-electron chi connectivity index (χ1n) is 4.26. The second-order valence-corrected chi connectivity index (χ2v) is 3.50. The minimum atomic E-state index is 0.611.